The fraction of sp³-hybridized carbons (Fsp3) is 0. The van der Waals surface area contributed by atoms with Gasteiger partial charge in [-0.05, 0) is 23.6 Å². The van der Waals surface area contributed by atoms with Gasteiger partial charge in [-0.3, -0.25) is 9.78 Å². The molecule has 0 aliphatic carbocycles. The van der Waals surface area contributed by atoms with Crippen LogP contribution in [-0.2, 0) is 0 Å². The van der Waals surface area contributed by atoms with Crippen LogP contribution in [0.2, 0.25) is 0 Å². The SMILES string of the molecule is O=C(Nc1cnc2ccccc2c1)c1csc(-c2cccs2)n1. The van der Waals surface area contributed by atoms with Crippen LogP contribution in [-0.4, -0.2) is 15.9 Å². The second kappa shape index (κ2) is 5.91. The Hall–Kier alpha value is -2.57. The summed E-state index contributed by atoms with van der Waals surface area (Å²) in [6.07, 6.45) is 1.66. The Labute approximate surface area is 140 Å². The summed E-state index contributed by atoms with van der Waals surface area (Å²) in [5, 5.41) is 8.48. The number of anilines is 1. The van der Waals surface area contributed by atoms with Crippen LogP contribution in [0.5, 0.6) is 0 Å². The fourth-order valence-corrected chi connectivity index (χ4v) is 3.84. The first-order valence-corrected chi connectivity index (χ1v) is 8.71. The molecule has 4 nitrogen and oxygen atoms in total. The molecular weight excluding hydrogens is 326 g/mol. The number of pyridine rings is 1. The van der Waals surface area contributed by atoms with Gasteiger partial charge in [0.1, 0.15) is 10.7 Å². The van der Waals surface area contributed by atoms with Gasteiger partial charge >= 0.3 is 0 Å². The summed E-state index contributed by atoms with van der Waals surface area (Å²) in [5.41, 5.74) is 1.99. The first-order chi connectivity index (χ1) is 11.3. The van der Waals surface area contributed by atoms with Crippen LogP contribution >= 0.6 is 22.7 Å². The number of aromatic nitrogens is 2. The Morgan fingerprint density at radius 3 is 2.87 bits per heavy atom. The average Bonchev–Trinajstić information content (AvgIpc) is 3.26. The van der Waals surface area contributed by atoms with E-state index in [1.807, 2.05) is 47.8 Å². The van der Waals surface area contributed by atoms with Gasteiger partial charge in [0, 0.05) is 10.8 Å². The van der Waals surface area contributed by atoms with E-state index in [-0.39, 0.29) is 5.91 Å². The van der Waals surface area contributed by atoms with Crippen molar-refractivity contribution in [2.45, 2.75) is 0 Å². The molecule has 0 spiro atoms. The number of amides is 1. The van der Waals surface area contributed by atoms with Gasteiger partial charge in [-0.15, -0.1) is 22.7 Å². The van der Waals surface area contributed by atoms with E-state index in [2.05, 4.69) is 15.3 Å². The van der Waals surface area contributed by atoms with Crippen LogP contribution in [0.25, 0.3) is 20.8 Å². The largest absolute Gasteiger partial charge is 0.319 e. The van der Waals surface area contributed by atoms with E-state index in [1.165, 1.54) is 11.3 Å². The van der Waals surface area contributed by atoms with Gasteiger partial charge in [-0.1, -0.05) is 24.3 Å². The third-order valence-corrected chi connectivity index (χ3v) is 5.20. The maximum absolute atomic E-state index is 12.3. The molecule has 0 saturated carbocycles. The molecule has 1 aromatic carbocycles. The van der Waals surface area contributed by atoms with Crippen molar-refractivity contribution in [3.05, 3.63) is 65.1 Å². The standard InChI is InChI=1S/C17H11N3OS2/c21-16(14-10-23-17(20-14)15-6-3-7-22-15)19-12-8-11-4-1-2-5-13(11)18-9-12/h1-10H,(H,19,21). The molecule has 0 unspecified atom stereocenters. The number of thiophene rings is 1. The minimum absolute atomic E-state index is 0.221. The van der Waals surface area contributed by atoms with Gasteiger partial charge in [-0.2, -0.15) is 0 Å². The number of para-hydroxylation sites is 1. The number of thiazole rings is 1. The average molecular weight is 337 g/mol. The summed E-state index contributed by atoms with van der Waals surface area (Å²) in [6, 6.07) is 13.7. The van der Waals surface area contributed by atoms with E-state index < -0.39 is 0 Å². The Morgan fingerprint density at radius 2 is 2.00 bits per heavy atom. The Balaban J connectivity index is 1.57. The van der Waals surface area contributed by atoms with Crippen LogP contribution in [0.15, 0.2) is 59.4 Å². The number of hydrogen-bond acceptors (Lipinski definition) is 5. The maximum Gasteiger partial charge on any atom is 0.275 e. The summed E-state index contributed by atoms with van der Waals surface area (Å²) < 4.78 is 0. The van der Waals surface area contributed by atoms with Crippen LogP contribution < -0.4 is 5.32 Å². The number of rotatable bonds is 3. The summed E-state index contributed by atoms with van der Waals surface area (Å²) in [6.45, 7) is 0. The van der Waals surface area contributed by atoms with Gasteiger partial charge in [-0.25, -0.2) is 4.98 Å². The number of fused-ring (bicyclic) bond motifs is 1. The van der Waals surface area contributed by atoms with Gasteiger partial charge < -0.3 is 5.32 Å². The molecule has 0 saturated heterocycles. The third kappa shape index (κ3) is 2.86. The van der Waals surface area contributed by atoms with Crippen molar-refractivity contribution >= 4 is 45.2 Å². The lowest BCUT2D eigenvalue weighted by Crippen LogP contribution is -2.12. The van der Waals surface area contributed by atoms with Crippen molar-refractivity contribution < 1.29 is 4.79 Å². The molecule has 0 atom stereocenters. The molecule has 0 radical (unpaired) electrons. The zero-order valence-corrected chi connectivity index (χ0v) is 13.5. The lowest BCUT2D eigenvalue weighted by Gasteiger charge is -2.04. The van der Waals surface area contributed by atoms with Crippen molar-refractivity contribution in [1.82, 2.24) is 9.97 Å². The van der Waals surface area contributed by atoms with E-state index >= 15 is 0 Å². The molecule has 0 bridgehead atoms. The molecule has 0 aliphatic rings. The molecule has 0 fully saturated rings. The zero-order chi connectivity index (χ0) is 15.6. The van der Waals surface area contributed by atoms with Crippen LogP contribution in [0.4, 0.5) is 5.69 Å². The van der Waals surface area contributed by atoms with Crippen molar-refractivity contribution in [3.63, 3.8) is 0 Å². The lowest BCUT2D eigenvalue weighted by molar-refractivity contribution is 0.102. The second-order valence-electron chi connectivity index (χ2n) is 4.89. The first-order valence-electron chi connectivity index (χ1n) is 6.95. The number of carbonyl (C=O) groups is 1. The van der Waals surface area contributed by atoms with E-state index in [0.717, 1.165) is 20.8 Å². The summed E-state index contributed by atoms with van der Waals surface area (Å²) in [5.74, 6) is -0.221. The van der Waals surface area contributed by atoms with E-state index in [9.17, 15) is 4.79 Å². The molecule has 3 heterocycles. The van der Waals surface area contributed by atoms with E-state index in [1.54, 1.807) is 22.9 Å². The molecule has 4 rings (SSSR count). The highest BCUT2D eigenvalue weighted by molar-refractivity contribution is 7.20. The number of hydrogen-bond donors (Lipinski definition) is 1. The predicted octanol–water partition coefficient (Wildman–Crippen LogP) is 4.67. The van der Waals surface area contributed by atoms with Gasteiger partial charge in [0.15, 0.2) is 0 Å². The van der Waals surface area contributed by atoms with Crippen molar-refractivity contribution in [2.75, 3.05) is 5.32 Å². The van der Waals surface area contributed by atoms with E-state index in [4.69, 9.17) is 0 Å². The quantitative estimate of drug-likeness (QED) is 0.591. The fourth-order valence-electron chi connectivity index (χ4n) is 2.23. The normalized spacial score (nSPS) is 10.8. The van der Waals surface area contributed by atoms with Crippen molar-refractivity contribution in [2.24, 2.45) is 0 Å². The first kappa shape index (κ1) is 14.0. The van der Waals surface area contributed by atoms with Crippen LogP contribution in [0, 0.1) is 0 Å². The lowest BCUT2D eigenvalue weighted by atomic mass is 10.2. The molecule has 112 valence electrons. The summed E-state index contributed by atoms with van der Waals surface area (Å²) in [7, 11) is 0. The number of benzene rings is 1. The number of carbonyl (C=O) groups excluding carboxylic acids is 1. The molecule has 1 amide bonds. The number of nitrogens with one attached hydrogen (secondary N) is 1. The Morgan fingerprint density at radius 1 is 1.09 bits per heavy atom. The zero-order valence-electron chi connectivity index (χ0n) is 11.9. The highest BCUT2D eigenvalue weighted by Crippen LogP contribution is 2.28. The van der Waals surface area contributed by atoms with E-state index in [0.29, 0.717) is 11.4 Å². The van der Waals surface area contributed by atoms with Gasteiger partial charge in [0.25, 0.3) is 5.91 Å². The molecule has 1 N–H and O–H groups in total. The Bertz CT molecular complexity index is 976. The number of nitrogens with zero attached hydrogens (tertiary/aromatic N) is 2. The minimum atomic E-state index is -0.221. The highest BCUT2D eigenvalue weighted by Gasteiger charge is 2.13. The summed E-state index contributed by atoms with van der Waals surface area (Å²) in [4.78, 5) is 22.2. The monoisotopic (exact) mass is 337 g/mol. The molecular formula is C17H11N3OS2. The topological polar surface area (TPSA) is 54.9 Å². The Kier molecular flexibility index (Phi) is 3.61. The maximum atomic E-state index is 12.3. The molecule has 4 aromatic rings. The van der Waals surface area contributed by atoms with Gasteiger partial charge in [0.2, 0.25) is 0 Å². The molecule has 3 aromatic heterocycles. The van der Waals surface area contributed by atoms with Crippen molar-refractivity contribution in [3.8, 4) is 9.88 Å². The second-order valence-corrected chi connectivity index (χ2v) is 6.69. The summed E-state index contributed by atoms with van der Waals surface area (Å²) >= 11 is 3.08. The van der Waals surface area contributed by atoms with Crippen LogP contribution in [0.3, 0.4) is 0 Å². The molecule has 0 aliphatic heterocycles. The van der Waals surface area contributed by atoms with Crippen LogP contribution in [0.1, 0.15) is 10.5 Å². The molecule has 23 heavy (non-hydrogen) atoms. The third-order valence-electron chi connectivity index (χ3n) is 3.32. The highest BCUT2D eigenvalue weighted by atomic mass is 32.1. The molecule has 6 heteroatoms. The minimum Gasteiger partial charge on any atom is -0.319 e. The smallest absolute Gasteiger partial charge is 0.275 e. The van der Waals surface area contributed by atoms with Crippen molar-refractivity contribution in [1.29, 1.82) is 0 Å². The van der Waals surface area contributed by atoms with Gasteiger partial charge in [0.05, 0.1) is 22.3 Å². The predicted molar refractivity (Wildman–Crippen MR) is 95.1 cm³/mol.